The van der Waals surface area contributed by atoms with E-state index in [1.54, 1.807) is 6.92 Å². The molecule has 0 heterocycles. The lowest BCUT2D eigenvalue weighted by Crippen LogP contribution is -2.51. The van der Waals surface area contributed by atoms with Crippen molar-refractivity contribution >= 4 is 5.91 Å². The zero-order chi connectivity index (χ0) is 12.3. The summed E-state index contributed by atoms with van der Waals surface area (Å²) in [5.74, 6) is 0.0415. The summed E-state index contributed by atoms with van der Waals surface area (Å²) in [5, 5.41) is 4.86. The number of nitrogens with one attached hydrogen (secondary N) is 2. The van der Waals surface area contributed by atoms with Gasteiger partial charge in [0.2, 0.25) is 5.91 Å². The van der Waals surface area contributed by atoms with Gasteiger partial charge in [-0.25, -0.2) is 0 Å². The lowest BCUT2D eigenvalue weighted by Gasteiger charge is -2.35. The number of halogens is 3. The van der Waals surface area contributed by atoms with Gasteiger partial charge in [-0.3, -0.25) is 4.79 Å². The van der Waals surface area contributed by atoms with Gasteiger partial charge in [-0.05, 0) is 25.7 Å². The summed E-state index contributed by atoms with van der Waals surface area (Å²) in [6.45, 7) is 2.42. The molecule has 1 aliphatic carbocycles. The molecule has 0 aromatic rings. The maximum atomic E-state index is 11.8. The monoisotopic (exact) mass is 238 g/mol. The minimum Gasteiger partial charge on any atom is -0.346 e. The van der Waals surface area contributed by atoms with Gasteiger partial charge in [-0.15, -0.1) is 0 Å². The molecule has 6 heteroatoms. The van der Waals surface area contributed by atoms with E-state index in [1.807, 2.05) is 5.32 Å². The van der Waals surface area contributed by atoms with E-state index >= 15 is 0 Å². The highest BCUT2D eigenvalue weighted by Gasteiger charge is 2.31. The minimum absolute atomic E-state index is 0.265. The van der Waals surface area contributed by atoms with E-state index in [1.165, 1.54) is 0 Å². The normalized spacial score (nSPS) is 27.1. The van der Waals surface area contributed by atoms with Crippen LogP contribution in [-0.2, 0) is 4.79 Å². The smallest absolute Gasteiger partial charge is 0.346 e. The van der Waals surface area contributed by atoms with Gasteiger partial charge < -0.3 is 10.6 Å². The highest BCUT2D eigenvalue weighted by Crippen LogP contribution is 2.26. The van der Waals surface area contributed by atoms with Crippen molar-refractivity contribution in [3.05, 3.63) is 0 Å². The predicted octanol–water partition coefficient (Wildman–Crippen LogP) is 1.44. The topological polar surface area (TPSA) is 41.1 Å². The Hall–Kier alpha value is -0.780. The predicted molar refractivity (Wildman–Crippen MR) is 53.8 cm³/mol. The molecule has 1 atom stereocenters. The number of hydrogen-bond acceptors (Lipinski definition) is 2. The van der Waals surface area contributed by atoms with E-state index in [4.69, 9.17) is 0 Å². The van der Waals surface area contributed by atoms with Crippen LogP contribution in [0.4, 0.5) is 13.2 Å². The Balaban J connectivity index is 2.20. The standard InChI is InChI=1S/C10H17F3N2O/c1-6-3-8(4-6)15-7(2)9(16)14-5-10(11,12)13/h6-8,15H,3-5H2,1-2H3,(H,14,16). The van der Waals surface area contributed by atoms with Gasteiger partial charge in [-0.2, -0.15) is 13.2 Å². The Bertz CT molecular complexity index is 249. The fourth-order valence-electron chi connectivity index (χ4n) is 1.81. The van der Waals surface area contributed by atoms with Crippen LogP contribution in [0.25, 0.3) is 0 Å². The molecule has 0 aromatic heterocycles. The molecule has 0 radical (unpaired) electrons. The second-order valence-electron chi connectivity index (χ2n) is 4.49. The molecule has 94 valence electrons. The zero-order valence-corrected chi connectivity index (χ0v) is 9.40. The van der Waals surface area contributed by atoms with Crippen LogP contribution >= 0.6 is 0 Å². The Labute approximate surface area is 92.8 Å². The molecule has 0 bridgehead atoms. The van der Waals surface area contributed by atoms with Gasteiger partial charge >= 0.3 is 6.18 Å². The number of carbonyl (C=O) groups excluding carboxylic acids is 1. The zero-order valence-electron chi connectivity index (χ0n) is 9.40. The van der Waals surface area contributed by atoms with Crippen LogP contribution in [0.3, 0.4) is 0 Å². The molecule has 1 saturated carbocycles. The number of hydrogen-bond donors (Lipinski definition) is 2. The second kappa shape index (κ2) is 5.03. The van der Waals surface area contributed by atoms with Crippen molar-refractivity contribution in [2.75, 3.05) is 6.54 Å². The van der Waals surface area contributed by atoms with E-state index in [9.17, 15) is 18.0 Å². The minimum atomic E-state index is -4.35. The van der Waals surface area contributed by atoms with Gasteiger partial charge in [0.25, 0.3) is 0 Å². The quantitative estimate of drug-likeness (QED) is 0.778. The maximum absolute atomic E-state index is 11.8. The number of carbonyl (C=O) groups is 1. The van der Waals surface area contributed by atoms with E-state index in [0.717, 1.165) is 12.8 Å². The third kappa shape index (κ3) is 4.38. The van der Waals surface area contributed by atoms with Crippen molar-refractivity contribution in [2.45, 2.75) is 44.9 Å². The Kier molecular flexibility index (Phi) is 4.18. The summed E-state index contributed by atoms with van der Waals surface area (Å²) in [7, 11) is 0. The molecule has 0 spiro atoms. The first-order valence-electron chi connectivity index (χ1n) is 5.38. The van der Waals surface area contributed by atoms with Gasteiger partial charge in [-0.1, -0.05) is 6.92 Å². The van der Waals surface area contributed by atoms with Gasteiger partial charge in [0.1, 0.15) is 6.54 Å². The number of amides is 1. The van der Waals surface area contributed by atoms with E-state index in [-0.39, 0.29) is 6.04 Å². The molecule has 1 unspecified atom stereocenters. The van der Waals surface area contributed by atoms with Crippen LogP contribution in [0, 0.1) is 5.92 Å². The van der Waals surface area contributed by atoms with Crippen LogP contribution in [0.15, 0.2) is 0 Å². The van der Waals surface area contributed by atoms with Crippen LogP contribution in [0.2, 0.25) is 0 Å². The molecule has 1 rings (SSSR count). The summed E-state index contributed by atoms with van der Waals surface area (Å²) >= 11 is 0. The Morgan fingerprint density at radius 3 is 2.44 bits per heavy atom. The highest BCUT2D eigenvalue weighted by molar-refractivity contribution is 5.81. The SMILES string of the molecule is CC1CC(NC(C)C(=O)NCC(F)(F)F)C1. The van der Waals surface area contributed by atoms with Crippen molar-refractivity contribution in [1.29, 1.82) is 0 Å². The summed E-state index contributed by atoms with van der Waals surface area (Å²) in [5.41, 5.74) is 0. The summed E-state index contributed by atoms with van der Waals surface area (Å²) in [6.07, 6.45) is -2.38. The van der Waals surface area contributed by atoms with Gasteiger partial charge in [0, 0.05) is 6.04 Å². The van der Waals surface area contributed by atoms with Gasteiger partial charge in [0.05, 0.1) is 6.04 Å². The summed E-state index contributed by atoms with van der Waals surface area (Å²) < 4.78 is 35.5. The number of rotatable bonds is 4. The lowest BCUT2D eigenvalue weighted by molar-refractivity contribution is -0.139. The molecule has 1 aliphatic rings. The maximum Gasteiger partial charge on any atom is 0.405 e. The van der Waals surface area contributed by atoms with Crippen molar-refractivity contribution in [2.24, 2.45) is 5.92 Å². The number of alkyl halides is 3. The first-order chi connectivity index (χ1) is 7.28. The third-order valence-corrected chi connectivity index (χ3v) is 2.72. The van der Waals surface area contributed by atoms with Crippen LogP contribution in [-0.4, -0.2) is 30.7 Å². The summed E-state index contributed by atoms with van der Waals surface area (Å²) in [4.78, 5) is 11.3. The third-order valence-electron chi connectivity index (χ3n) is 2.72. The van der Waals surface area contributed by atoms with E-state index in [2.05, 4.69) is 12.2 Å². The largest absolute Gasteiger partial charge is 0.405 e. The van der Waals surface area contributed by atoms with Crippen molar-refractivity contribution in [3.8, 4) is 0 Å². The van der Waals surface area contributed by atoms with E-state index < -0.39 is 24.7 Å². The second-order valence-corrected chi connectivity index (χ2v) is 4.49. The average Bonchev–Trinajstić information content (AvgIpc) is 2.10. The molecule has 1 fully saturated rings. The fourth-order valence-corrected chi connectivity index (χ4v) is 1.81. The molecular weight excluding hydrogens is 221 g/mol. The average molecular weight is 238 g/mol. The van der Waals surface area contributed by atoms with Gasteiger partial charge in [0.15, 0.2) is 0 Å². The molecule has 2 N–H and O–H groups in total. The molecule has 0 aliphatic heterocycles. The summed E-state index contributed by atoms with van der Waals surface area (Å²) in [6, 6.07) is -0.304. The molecule has 0 saturated heterocycles. The Morgan fingerprint density at radius 2 is 2.00 bits per heavy atom. The van der Waals surface area contributed by atoms with Crippen molar-refractivity contribution in [1.82, 2.24) is 10.6 Å². The molecule has 1 amide bonds. The van der Waals surface area contributed by atoms with Crippen LogP contribution in [0.5, 0.6) is 0 Å². The highest BCUT2D eigenvalue weighted by atomic mass is 19.4. The van der Waals surface area contributed by atoms with Crippen LogP contribution < -0.4 is 10.6 Å². The molecule has 16 heavy (non-hydrogen) atoms. The van der Waals surface area contributed by atoms with Crippen molar-refractivity contribution < 1.29 is 18.0 Å². The van der Waals surface area contributed by atoms with Crippen molar-refractivity contribution in [3.63, 3.8) is 0 Å². The first kappa shape index (κ1) is 13.3. The molecular formula is C10H17F3N2O. The van der Waals surface area contributed by atoms with E-state index in [0.29, 0.717) is 5.92 Å². The lowest BCUT2D eigenvalue weighted by atomic mass is 9.81. The molecule has 0 aromatic carbocycles. The Morgan fingerprint density at radius 1 is 1.44 bits per heavy atom. The first-order valence-corrected chi connectivity index (χ1v) is 5.38. The van der Waals surface area contributed by atoms with Crippen LogP contribution in [0.1, 0.15) is 26.7 Å². The fraction of sp³-hybridized carbons (Fsp3) is 0.900. The molecule has 3 nitrogen and oxygen atoms in total.